The quantitative estimate of drug-likeness (QED) is 0.821. The van der Waals surface area contributed by atoms with Crippen LogP contribution in [-0.4, -0.2) is 35.1 Å². The molecule has 6 unspecified atom stereocenters. The number of benzene rings is 1. The van der Waals surface area contributed by atoms with Gasteiger partial charge in [0.15, 0.2) is 11.5 Å². The molecule has 0 radical (unpaired) electrons. The Balaban J connectivity index is 1.62. The van der Waals surface area contributed by atoms with Crippen LogP contribution < -0.4 is 9.47 Å². The molecule has 6 aliphatic rings. The summed E-state index contributed by atoms with van der Waals surface area (Å²) in [7, 11) is 1.67. The average molecular weight is 340 g/mol. The minimum absolute atomic E-state index is 0.0489. The Kier molecular flexibility index (Phi) is 1.99. The predicted molar refractivity (Wildman–Crippen MR) is 89.7 cm³/mol. The first kappa shape index (κ1) is 13.9. The molecule has 1 aromatic carbocycles. The second-order valence-corrected chi connectivity index (χ2v) is 9.49. The van der Waals surface area contributed by atoms with Crippen LogP contribution in [0.4, 0.5) is 0 Å². The highest BCUT2D eigenvalue weighted by molar-refractivity contribution is 5.66. The minimum atomic E-state index is -0.732. The second-order valence-electron chi connectivity index (χ2n) is 9.49. The van der Waals surface area contributed by atoms with Gasteiger partial charge >= 0.3 is 0 Å². The van der Waals surface area contributed by atoms with E-state index >= 15 is 0 Å². The maximum absolute atomic E-state index is 12.3. The molecular weight excluding hydrogens is 316 g/mol. The summed E-state index contributed by atoms with van der Waals surface area (Å²) < 4.78 is 12.0. The smallest absolute Gasteiger partial charge is 0.166 e. The first-order valence-electron chi connectivity index (χ1n) is 9.81. The van der Waals surface area contributed by atoms with Crippen LogP contribution in [0, 0.1) is 29.1 Å². The summed E-state index contributed by atoms with van der Waals surface area (Å²) in [6.07, 6.45) is 2.75. The molecule has 1 heterocycles. The summed E-state index contributed by atoms with van der Waals surface area (Å²) >= 11 is 0. The fourth-order valence-electron chi connectivity index (χ4n) is 9.19. The zero-order valence-corrected chi connectivity index (χ0v) is 14.7. The molecule has 4 saturated carbocycles. The third-order valence-electron chi connectivity index (χ3n) is 9.58. The van der Waals surface area contributed by atoms with Gasteiger partial charge in [-0.05, 0) is 61.0 Å². The Morgan fingerprint density at radius 3 is 2.88 bits per heavy atom. The van der Waals surface area contributed by atoms with Gasteiger partial charge in [-0.15, -0.1) is 0 Å². The standard InChI is InChI=1S/C21H24O4/c1-9-11-8-13-12-7-10-3-4-15(24-2)17-16(10)21(13)18(25-17)14(22)5-6-19(21,23)20(9,11)12/h3-4,9,11-14,18,22-23H,5-8H2,1-2H3/t9?,11?,12?,13?,14?,18-,19+,20?,21-/m0/s1. The molecule has 2 spiro atoms. The van der Waals surface area contributed by atoms with Gasteiger partial charge in [-0.25, -0.2) is 0 Å². The van der Waals surface area contributed by atoms with Crippen molar-refractivity contribution in [2.45, 2.75) is 55.8 Å². The number of aliphatic hydroxyl groups is 2. The normalized spacial score (nSPS) is 57.8. The van der Waals surface area contributed by atoms with Crippen LogP contribution >= 0.6 is 0 Å². The molecule has 0 saturated heterocycles. The van der Waals surface area contributed by atoms with Crippen LogP contribution in [0.5, 0.6) is 11.5 Å². The van der Waals surface area contributed by atoms with Crippen molar-refractivity contribution in [2.24, 2.45) is 29.1 Å². The summed E-state index contributed by atoms with van der Waals surface area (Å²) in [5, 5.41) is 23.2. The van der Waals surface area contributed by atoms with E-state index in [9.17, 15) is 10.2 Å². The van der Waals surface area contributed by atoms with Crippen molar-refractivity contribution in [3.63, 3.8) is 0 Å². The monoisotopic (exact) mass is 340 g/mol. The van der Waals surface area contributed by atoms with E-state index in [0.29, 0.717) is 36.5 Å². The Hall–Kier alpha value is -1.26. The zero-order valence-electron chi connectivity index (χ0n) is 14.7. The average Bonchev–Trinajstić information content (AvgIpc) is 2.92. The molecule has 1 aromatic rings. The Morgan fingerprint density at radius 2 is 2.08 bits per heavy atom. The van der Waals surface area contributed by atoms with Crippen LogP contribution in [0.15, 0.2) is 12.1 Å². The zero-order chi connectivity index (χ0) is 16.9. The lowest BCUT2D eigenvalue weighted by Gasteiger charge is -2.55. The van der Waals surface area contributed by atoms with Gasteiger partial charge in [0.1, 0.15) is 6.10 Å². The number of hydrogen-bond acceptors (Lipinski definition) is 4. The predicted octanol–water partition coefficient (Wildman–Crippen LogP) is 2.04. The first-order chi connectivity index (χ1) is 12.0. The molecule has 4 fully saturated rings. The lowest BCUT2D eigenvalue weighted by molar-refractivity contribution is -0.175. The highest BCUT2D eigenvalue weighted by Crippen LogP contribution is 2.91. The summed E-state index contributed by atoms with van der Waals surface area (Å²) in [5.74, 6) is 3.79. The molecule has 7 rings (SSSR count). The molecule has 0 amide bonds. The maximum Gasteiger partial charge on any atom is 0.166 e. The van der Waals surface area contributed by atoms with Crippen LogP contribution in [0.1, 0.15) is 37.3 Å². The summed E-state index contributed by atoms with van der Waals surface area (Å²) in [6, 6.07) is 4.19. The number of hydrogen-bond donors (Lipinski definition) is 2. The van der Waals surface area contributed by atoms with Crippen molar-refractivity contribution in [2.75, 3.05) is 7.11 Å². The number of rotatable bonds is 1. The largest absolute Gasteiger partial charge is 0.493 e. The van der Waals surface area contributed by atoms with Gasteiger partial charge in [0.05, 0.1) is 24.2 Å². The van der Waals surface area contributed by atoms with Crippen molar-refractivity contribution in [1.29, 1.82) is 0 Å². The van der Waals surface area contributed by atoms with E-state index in [1.165, 1.54) is 17.5 Å². The van der Waals surface area contributed by atoms with Gasteiger partial charge in [-0.1, -0.05) is 13.0 Å². The topological polar surface area (TPSA) is 58.9 Å². The molecule has 4 heteroatoms. The summed E-state index contributed by atoms with van der Waals surface area (Å²) in [5.41, 5.74) is 1.41. The Labute approximate surface area is 147 Å². The molecule has 9 atom stereocenters. The van der Waals surface area contributed by atoms with E-state index in [2.05, 4.69) is 13.0 Å². The van der Waals surface area contributed by atoms with E-state index in [1.54, 1.807) is 7.11 Å². The van der Waals surface area contributed by atoms with Gasteiger partial charge in [-0.2, -0.15) is 0 Å². The highest BCUT2D eigenvalue weighted by atomic mass is 16.5. The molecule has 4 nitrogen and oxygen atoms in total. The fraction of sp³-hybridized carbons (Fsp3) is 0.714. The number of ether oxygens (including phenoxy) is 2. The molecule has 0 aromatic heterocycles. The van der Waals surface area contributed by atoms with Gasteiger partial charge in [0.2, 0.25) is 0 Å². The maximum atomic E-state index is 12.3. The lowest BCUT2D eigenvalue weighted by Crippen LogP contribution is -2.67. The highest BCUT2D eigenvalue weighted by Gasteiger charge is 2.94. The fourth-order valence-corrected chi connectivity index (χ4v) is 9.19. The van der Waals surface area contributed by atoms with Crippen LogP contribution in [-0.2, 0) is 11.8 Å². The van der Waals surface area contributed by atoms with E-state index in [0.717, 1.165) is 17.9 Å². The van der Waals surface area contributed by atoms with Crippen molar-refractivity contribution < 1.29 is 19.7 Å². The van der Waals surface area contributed by atoms with Crippen LogP contribution in [0.25, 0.3) is 0 Å². The molecule has 5 aliphatic carbocycles. The van der Waals surface area contributed by atoms with Gasteiger partial charge in [-0.3, -0.25) is 0 Å². The van der Waals surface area contributed by atoms with E-state index in [1.807, 2.05) is 6.07 Å². The van der Waals surface area contributed by atoms with Crippen LogP contribution in [0.3, 0.4) is 0 Å². The van der Waals surface area contributed by atoms with Crippen molar-refractivity contribution in [3.8, 4) is 11.5 Å². The molecule has 4 bridgehead atoms. The van der Waals surface area contributed by atoms with E-state index in [4.69, 9.17) is 9.47 Å². The van der Waals surface area contributed by atoms with Crippen LogP contribution in [0.2, 0.25) is 0 Å². The Bertz CT molecular complexity index is 851. The Morgan fingerprint density at radius 1 is 1.24 bits per heavy atom. The summed E-state index contributed by atoms with van der Waals surface area (Å²) in [6.45, 7) is 2.35. The van der Waals surface area contributed by atoms with Gasteiger partial charge in [0, 0.05) is 11.0 Å². The van der Waals surface area contributed by atoms with E-state index < -0.39 is 17.1 Å². The van der Waals surface area contributed by atoms with Crippen molar-refractivity contribution in [3.05, 3.63) is 23.3 Å². The third kappa shape index (κ3) is 0.983. The molecular formula is C21H24O4. The first-order valence-corrected chi connectivity index (χ1v) is 9.81. The van der Waals surface area contributed by atoms with Crippen molar-refractivity contribution >= 4 is 0 Å². The molecule has 132 valence electrons. The van der Waals surface area contributed by atoms with Crippen molar-refractivity contribution in [1.82, 2.24) is 0 Å². The molecule has 25 heavy (non-hydrogen) atoms. The number of methoxy groups -OCH3 is 1. The summed E-state index contributed by atoms with van der Waals surface area (Å²) in [4.78, 5) is 0. The van der Waals surface area contributed by atoms with E-state index in [-0.39, 0.29) is 11.5 Å². The lowest BCUT2D eigenvalue weighted by atomic mass is 9.51. The molecule has 1 aliphatic heterocycles. The SMILES string of the molecule is COc1ccc2c3c1O[C@H]1C(O)CC[C@@]4(O)C56C(C)C5CC(C6C2)[C@]314. The third-order valence-corrected chi connectivity index (χ3v) is 9.58. The second kappa shape index (κ2) is 3.59. The van der Waals surface area contributed by atoms with Gasteiger partial charge < -0.3 is 19.7 Å². The van der Waals surface area contributed by atoms with Gasteiger partial charge in [0.25, 0.3) is 0 Å². The molecule has 2 N–H and O–H groups in total. The number of aliphatic hydroxyl groups excluding tert-OH is 1. The minimum Gasteiger partial charge on any atom is -0.493 e.